The van der Waals surface area contributed by atoms with Crippen molar-refractivity contribution in [3.8, 4) is 10.6 Å². The van der Waals surface area contributed by atoms with Gasteiger partial charge in [-0.15, -0.1) is 22.7 Å². The van der Waals surface area contributed by atoms with Crippen molar-refractivity contribution in [1.29, 1.82) is 0 Å². The summed E-state index contributed by atoms with van der Waals surface area (Å²) < 4.78 is 0. The summed E-state index contributed by atoms with van der Waals surface area (Å²) in [7, 11) is 0. The van der Waals surface area contributed by atoms with Gasteiger partial charge in [-0.2, -0.15) is 0 Å². The van der Waals surface area contributed by atoms with E-state index in [9.17, 15) is 9.59 Å². The van der Waals surface area contributed by atoms with Crippen LogP contribution in [0.5, 0.6) is 0 Å². The van der Waals surface area contributed by atoms with Gasteiger partial charge in [0.15, 0.2) is 5.78 Å². The van der Waals surface area contributed by atoms with Crippen LogP contribution in [-0.2, 0) is 6.54 Å². The Bertz CT molecular complexity index is 950. The van der Waals surface area contributed by atoms with E-state index in [-0.39, 0.29) is 11.7 Å². The Kier molecular flexibility index (Phi) is 4.87. The zero-order chi connectivity index (χ0) is 18.1. The molecule has 0 radical (unpaired) electrons. The van der Waals surface area contributed by atoms with Gasteiger partial charge in [-0.05, 0) is 45.4 Å². The first-order valence-electron chi connectivity index (χ1n) is 7.86. The van der Waals surface area contributed by atoms with Crippen molar-refractivity contribution in [2.45, 2.75) is 34.2 Å². The lowest BCUT2D eigenvalue weighted by Gasteiger charge is -2.03. The van der Waals surface area contributed by atoms with Gasteiger partial charge in [0.2, 0.25) is 0 Å². The van der Waals surface area contributed by atoms with E-state index in [0.29, 0.717) is 23.4 Å². The van der Waals surface area contributed by atoms with Crippen molar-refractivity contribution < 1.29 is 9.59 Å². The fourth-order valence-corrected chi connectivity index (χ4v) is 4.44. The van der Waals surface area contributed by atoms with E-state index in [4.69, 9.17) is 0 Å². The number of nitrogens with one attached hydrogen (secondary N) is 2. The number of thiazole rings is 1. The Morgan fingerprint density at radius 3 is 2.60 bits per heavy atom. The largest absolute Gasteiger partial charge is 0.354 e. The number of aromatic amines is 1. The predicted molar refractivity (Wildman–Crippen MR) is 102 cm³/mol. The molecule has 1 amide bonds. The maximum absolute atomic E-state index is 12.4. The molecule has 7 heteroatoms. The molecular formula is C18H19N3O2S2. The number of carbonyl (C=O) groups excluding carboxylic acids is 2. The number of aromatic nitrogens is 2. The number of ketones is 1. The molecule has 0 aromatic carbocycles. The molecule has 0 aliphatic carbocycles. The highest BCUT2D eigenvalue weighted by molar-refractivity contribution is 7.16. The molecule has 3 aromatic heterocycles. The fraction of sp³-hybridized carbons (Fsp3) is 0.278. The maximum Gasteiger partial charge on any atom is 0.268 e. The third-order valence-electron chi connectivity index (χ3n) is 3.97. The second-order valence-electron chi connectivity index (χ2n) is 5.88. The topological polar surface area (TPSA) is 74.8 Å². The predicted octanol–water partition coefficient (Wildman–Crippen LogP) is 4.26. The number of H-pyrrole nitrogens is 1. The van der Waals surface area contributed by atoms with Crippen molar-refractivity contribution in [3.63, 3.8) is 0 Å². The third kappa shape index (κ3) is 3.57. The van der Waals surface area contributed by atoms with Gasteiger partial charge in [-0.25, -0.2) is 4.98 Å². The molecule has 0 spiro atoms. The van der Waals surface area contributed by atoms with Gasteiger partial charge in [0.05, 0.1) is 22.1 Å². The second kappa shape index (κ2) is 6.93. The molecule has 0 saturated carbocycles. The molecular weight excluding hydrogens is 354 g/mol. The number of thiophene rings is 1. The standard InChI is InChI=1S/C18H19N3O2S2/c1-9-16(11(3)22)10(2)20-17(9)18(23)19-7-13-5-6-15(25-13)14-8-24-12(4)21-14/h5-6,8,20H,7H2,1-4H3,(H,19,23). The van der Waals surface area contributed by atoms with Crippen LogP contribution in [-0.4, -0.2) is 21.7 Å². The van der Waals surface area contributed by atoms with Crippen LogP contribution in [0.3, 0.4) is 0 Å². The zero-order valence-electron chi connectivity index (χ0n) is 14.5. The van der Waals surface area contributed by atoms with Gasteiger partial charge < -0.3 is 10.3 Å². The molecule has 3 aromatic rings. The van der Waals surface area contributed by atoms with Gasteiger partial charge in [0, 0.05) is 21.5 Å². The average molecular weight is 374 g/mol. The highest BCUT2D eigenvalue weighted by Gasteiger charge is 2.19. The molecule has 0 fully saturated rings. The Morgan fingerprint density at radius 1 is 1.24 bits per heavy atom. The molecule has 0 aliphatic heterocycles. The number of Topliss-reactive ketones (excluding diaryl/α,β-unsaturated/α-hetero) is 1. The first-order chi connectivity index (χ1) is 11.9. The molecule has 130 valence electrons. The summed E-state index contributed by atoms with van der Waals surface area (Å²) in [5.41, 5.74) is 3.46. The number of nitrogens with zero attached hydrogens (tertiary/aromatic N) is 1. The average Bonchev–Trinajstić information content (AvgIpc) is 3.24. The number of amides is 1. The fourth-order valence-electron chi connectivity index (χ4n) is 2.85. The summed E-state index contributed by atoms with van der Waals surface area (Å²) in [5.74, 6) is -0.237. The Labute approximate surface area is 154 Å². The molecule has 5 nitrogen and oxygen atoms in total. The lowest BCUT2D eigenvalue weighted by Crippen LogP contribution is -2.23. The number of carbonyl (C=O) groups is 2. The highest BCUT2D eigenvalue weighted by atomic mass is 32.1. The zero-order valence-corrected chi connectivity index (χ0v) is 16.2. The summed E-state index contributed by atoms with van der Waals surface area (Å²) in [6, 6.07) is 4.03. The minimum absolute atomic E-state index is 0.0354. The minimum Gasteiger partial charge on any atom is -0.354 e. The van der Waals surface area contributed by atoms with Crippen molar-refractivity contribution in [2.24, 2.45) is 0 Å². The van der Waals surface area contributed by atoms with Gasteiger partial charge in [0.25, 0.3) is 5.91 Å². The second-order valence-corrected chi connectivity index (χ2v) is 8.11. The first-order valence-corrected chi connectivity index (χ1v) is 9.56. The molecule has 0 saturated heterocycles. The minimum atomic E-state index is -0.201. The lowest BCUT2D eigenvalue weighted by atomic mass is 10.1. The summed E-state index contributed by atoms with van der Waals surface area (Å²) >= 11 is 3.24. The van der Waals surface area contributed by atoms with E-state index in [0.717, 1.165) is 26.1 Å². The Balaban J connectivity index is 1.70. The molecule has 2 N–H and O–H groups in total. The van der Waals surface area contributed by atoms with Crippen LogP contribution in [0.2, 0.25) is 0 Å². The van der Waals surface area contributed by atoms with E-state index in [2.05, 4.69) is 15.3 Å². The lowest BCUT2D eigenvalue weighted by molar-refractivity contribution is 0.0946. The Morgan fingerprint density at radius 2 is 2.00 bits per heavy atom. The van der Waals surface area contributed by atoms with Crippen LogP contribution >= 0.6 is 22.7 Å². The van der Waals surface area contributed by atoms with E-state index >= 15 is 0 Å². The molecule has 25 heavy (non-hydrogen) atoms. The first kappa shape index (κ1) is 17.6. The summed E-state index contributed by atoms with van der Waals surface area (Å²) in [5, 5.41) is 6.00. The van der Waals surface area contributed by atoms with Gasteiger partial charge in [-0.1, -0.05) is 0 Å². The Hall–Kier alpha value is -2.25. The SMILES string of the molecule is CC(=O)c1c(C)[nH]c(C(=O)NCc2ccc(-c3csc(C)n3)s2)c1C. The van der Waals surface area contributed by atoms with E-state index < -0.39 is 0 Å². The molecule has 0 unspecified atom stereocenters. The normalized spacial score (nSPS) is 10.9. The van der Waals surface area contributed by atoms with Crippen LogP contribution in [0.15, 0.2) is 17.5 Å². The van der Waals surface area contributed by atoms with Crippen LogP contribution in [0.4, 0.5) is 0 Å². The maximum atomic E-state index is 12.4. The molecule has 3 rings (SSSR count). The van der Waals surface area contributed by atoms with Gasteiger partial charge >= 0.3 is 0 Å². The molecule has 0 atom stereocenters. The van der Waals surface area contributed by atoms with Crippen molar-refractivity contribution >= 4 is 34.4 Å². The van der Waals surface area contributed by atoms with Gasteiger partial charge in [0.1, 0.15) is 5.69 Å². The summed E-state index contributed by atoms with van der Waals surface area (Å²) in [6.45, 7) is 7.54. The third-order valence-corrected chi connectivity index (χ3v) is 5.85. The van der Waals surface area contributed by atoms with E-state index in [1.807, 2.05) is 31.4 Å². The van der Waals surface area contributed by atoms with E-state index in [1.165, 1.54) is 6.92 Å². The van der Waals surface area contributed by atoms with Crippen molar-refractivity contribution in [1.82, 2.24) is 15.3 Å². The number of rotatable bonds is 5. The van der Waals surface area contributed by atoms with Gasteiger partial charge in [-0.3, -0.25) is 9.59 Å². The molecule has 0 bridgehead atoms. The van der Waals surface area contributed by atoms with Crippen LogP contribution in [0.1, 0.15) is 48.9 Å². The smallest absolute Gasteiger partial charge is 0.268 e. The monoisotopic (exact) mass is 373 g/mol. The van der Waals surface area contributed by atoms with Crippen LogP contribution in [0, 0.1) is 20.8 Å². The molecule has 3 heterocycles. The number of hydrogen-bond acceptors (Lipinski definition) is 5. The number of aryl methyl sites for hydroxylation is 2. The quantitative estimate of drug-likeness (QED) is 0.656. The summed E-state index contributed by atoms with van der Waals surface area (Å²) in [6.07, 6.45) is 0. The van der Waals surface area contributed by atoms with Crippen molar-refractivity contribution in [2.75, 3.05) is 0 Å². The van der Waals surface area contributed by atoms with Crippen LogP contribution < -0.4 is 5.32 Å². The van der Waals surface area contributed by atoms with E-state index in [1.54, 1.807) is 29.6 Å². The molecule has 0 aliphatic rings. The van der Waals surface area contributed by atoms with Crippen LogP contribution in [0.25, 0.3) is 10.6 Å². The van der Waals surface area contributed by atoms with Crippen molar-refractivity contribution in [3.05, 3.63) is 49.9 Å². The summed E-state index contributed by atoms with van der Waals surface area (Å²) in [4.78, 5) is 33.8. The highest BCUT2D eigenvalue weighted by Crippen LogP contribution is 2.29. The number of hydrogen-bond donors (Lipinski definition) is 2.